The second-order valence-electron chi connectivity index (χ2n) is 20.4. The summed E-state index contributed by atoms with van der Waals surface area (Å²) in [5.41, 5.74) is 2.95. The Hall–Kier alpha value is -8.58. The maximum Gasteiger partial charge on any atom is 0.399 e. The van der Waals surface area contributed by atoms with Crippen LogP contribution >= 0.6 is 7.60 Å². The number of benzene rings is 4. The van der Waals surface area contributed by atoms with E-state index in [1.54, 1.807) is 18.2 Å². The molecule has 422 valence electrons. The number of nitrogens with two attached hydrogens (primary N) is 1. The van der Waals surface area contributed by atoms with Crippen molar-refractivity contribution in [3.63, 3.8) is 0 Å². The Morgan fingerprint density at radius 3 is 2.25 bits per heavy atom. The van der Waals surface area contributed by atoms with Gasteiger partial charge in [-0.1, -0.05) is 84.6 Å². The molecular weight excluding hydrogens is 1070 g/mol. The molecule has 5 aromatic rings. The van der Waals surface area contributed by atoms with Gasteiger partial charge in [-0.05, 0) is 85.5 Å². The minimum atomic E-state index is -5.94. The molecule has 4 aromatic carbocycles. The fraction of sp³-hybridized carbons (Fsp3) is 0.351. The second kappa shape index (κ2) is 24.0. The molecule has 9 rings (SSSR count). The number of halogens is 2. The van der Waals surface area contributed by atoms with Crippen LogP contribution in [0.5, 0.6) is 0 Å². The number of aromatic amines is 1. The number of nitrogens with one attached hydrogen (secondary N) is 5. The predicted octanol–water partition coefficient (Wildman–Crippen LogP) is 3.72. The van der Waals surface area contributed by atoms with Crippen LogP contribution in [0.3, 0.4) is 0 Å². The first-order chi connectivity index (χ1) is 38.7. The van der Waals surface area contributed by atoms with Crippen molar-refractivity contribution in [2.45, 2.75) is 113 Å². The van der Waals surface area contributed by atoms with Crippen molar-refractivity contribution in [3.05, 3.63) is 142 Å². The molecule has 81 heavy (non-hydrogen) atoms. The first-order valence-corrected chi connectivity index (χ1v) is 28.0. The molecule has 21 nitrogen and oxygen atoms in total. The van der Waals surface area contributed by atoms with Gasteiger partial charge in [0.2, 0.25) is 41.4 Å². The van der Waals surface area contributed by atoms with E-state index in [9.17, 15) is 61.5 Å². The van der Waals surface area contributed by atoms with Crippen molar-refractivity contribution in [1.82, 2.24) is 41.0 Å². The summed E-state index contributed by atoms with van der Waals surface area (Å²) in [4.78, 5) is 148. The van der Waals surface area contributed by atoms with Gasteiger partial charge in [0.1, 0.15) is 29.9 Å². The Balaban J connectivity index is 0.924. The van der Waals surface area contributed by atoms with Gasteiger partial charge in [-0.25, -0.2) is 0 Å². The van der Waals surface area contributed by atoms with Gasteiger partial charge in [-0.15, -0.1) is 0 Å². The predicted molar refractivity (Wildman–Crippen MR) is 287 cm³/mol. The molecule has 1 aromatic heterocycles. The first-order valence-electron chi connectivity index (χ1n) is 26.4. The molecule has 0 spiro atoms. The molecule has 3 saturated heterocycles. The van der Waals surface area contributed by atoms with Crippen LogP contribution in [0.2, 0.25) is 0 Å². The molecule has 3 fully saturated rings. The number of piperidine rings is 1. The van der Waals surface area contributed by atoms with Crippen molar-refractivity contribution in [2.75, 3.05) is 13.1 Å². The highest BCUT2D eigenvalue weighted by Gasteiger charge is 2.51. The number of amides is 9. The zero-order chi connectivity index (χ0) is 57.8. The topological polar surface area (TPSA) is 311 Å². The number of hydrogen-bond donors (Lipinski definition) is 8. The summed E-state index contributed by atoms with van der Waals surface area (Å²) < 4.78 is 41.1. The SMILES string of the molecule is NC(=O)CCC(NC(=O)C1CCC2CCN(C(=O)CCCC#Cc3cccc4c3CN(C3CCC(=O)NC3=O)C4=O)CC(NC(=O)c3cc4cc(C(F)(F)P(=O)(O)O)ccc4[nH]3)C(=O)N21)C(=O)NC(c1ccccc1)c1ccccc1. The molecule has 5 unspecified atom stereocenters. The van der Waals surface area contributed by atoms with Crippen molar-refractivity contribution in [2.24, 2.45) is 5.73 Å². The maximum atomic E-state index is 15.0. The molecule has 4 aliphatic rings. The molecule has 9 amide bonds. The molecular formula is C57H58F2N9O12P. The van der Waals surface area contributed by atoms with Gasteiger partial charge >= 0.3 is 13.3 Å². The number of hydrogen-bond acceptors (Lipinski definition) is 10. The largest absolute Gasteiger partial charge is 0.399 e. The number of aromatic nitrogens is 1. The van der Waals surface area contributed by atoms with E-state index in [0.717, 1.165) is 35.4 Å². The molecule has 0 radical (unpaired) electrons. The Morgan fingerprint density at radius 2 is 1.57 bits per heavy atom. The highest BCUT2D eigenvalue weighted by atomic mass is 31.2. The smallest absolute Gasteiger partial charge is 0.370 e. The van der Waals surface area contributed by atoms with Crippen LogP contribution in [-0.4, -0.2) is 126 Å². The minimum absolute atomic E-state index is 0.0147. The normalized spacial score (nSPS) is 19.6. The third-order valence-corrected chi connectivity index (χ3v) is 16.1. The molecule has 5 atom stereocenters. The van der Waals surface area contributed by atoms with Gasteiger partial charge in [0.05, 0.1) is 6.04 Å². The lowest BCUT2D eigenvalue weighted by molar-refractivity contribution is -0.145. The van der Waals surface area contributed by atoms with Gasteiger partial charge in [0.25, 0.3) is 11.8 Å². The van der Waals surface area contributed by atoms with Crippen LogP contribution in [0.4, 0.5) is 8.78 Å². The van der Waals surface area contributed by atoms with Crippen LogP contribution < -0.4 is 27.0 Å². The summed E-state index contributed by atoms with van der Waals surface area (Å²) in [6, 6.07) is 21.1. The van der Waals surface area contributed by atoms with Gasteiger partial charge < -0.3 is 51.2 Å². The van der Waals surface area contributed by atoms with E-state index in [4.69, 9.17) is 5.73 Å². The van der Waals surface area contributed by atoms with Gasteiger partial charge in [0.15, 0.2) is 0 Å². The summed E-state index contributed by atoms with van der Waals surface area (Å²) in [5, 5.41) is 10.7. The number of fused-ring (bicyclic) bond motifs is 3. The van der Waals surface area contributed by atoms with Crippen LogP contribution in [0.1, 0.15) is 119 Å². The van der Waals surface area contributed by atoms with E-state index < -0.39 is 96.4 Å². The number of carbonyl (C=O) groups is 9. The molecule has 5 heterocycles. The fourth-order valence-corrected chi connectivity index (χ4v) is 11.4. The van der Waals surface area contributed by atoms with Crippen molar-refractivity contribution in [3.8, 4) is 11.8 Å². The van der Waals surface area contributed by atoms with Crippen LogP contribution in [-0.2, 0) is 50.3 Å². The van der Waals surface area contributed by atoms with Crippen LogP contribution in [0, 0.1) is 11.8 Å². The molecule has 0 saturated carbocycles. The third-order valence-electron chi connectivity index (χ3n) is 15.1. The number of carbonyl (C=O) groups excluding carboxylic acids is 9. The highest BCUT2D eigenvalue weighted by Crippen LogP contribution is 2.59. The molecule has 24 heteroatoms. The molecule has 4 aliphatic heterocycles. The quantitative estimate of drug-likeness (QED) is 0.0286. The van der Waals surface area contributed by atoms with Gasteiger partial charge in [-0.2, -0.15) is 8.78 Å². The number of imide groups is 1. The van der Waals surface area contributed by atoms with Crippen LogP contribution in [0.25, 0.3) is 10.9 Å². The zero-order valence-corrected chi connectivity index (χ0v) is 44.5. The number of primary amides is 1. The summed E-state index contributed by atoms with van der Waals surface area (Å²) in [6.07, 6.45) is 0.942. The second-order valence-corrected chi connectivity index (χ2v) is 22.1. The summed E-state index contributed by atoms with van der Waals surface area (Å²) >= 11 is 0. The number of rotatable bonds is 17. The van der Waals surface area contributed by atoms with E-state index in [1.807, 2.05) is 60.7 Å². The Bertz CT molecular complexity index is 3400. The van der Waals surface area contributed by atoms with Crippen molar-refractivity contribution >= 4 is 71.7 Å². The lowest BCUT2D eigenvalue weighted by Gasteiger charge is -2.39. The average molecular weight is 1130 g/mol. The van der Waals surface area contributed by atoms with E-state index in [-0.39, 0.29) is 112 Å². The number of H-pyrrole nitrogens is 1. The van der Waals surface area contributed by atoms with Crippen molar-refractivity contribution < 1.29 is 66.3 Å². The highest BCUT2D eigenvalue weighted by molar-refractivity contribution is 7.52. The number of alkyl halides is 2. The minimum Gasteiger partial charge on any atom is -0.370 e. The Labute approximate surface area is 462 Å². The summed E-state index contributed by atoms with van der Waals surface area (Å²) in [5.74, 6) is 0.753. The van der Waals surface area contributed by atoms with Crippen molar-refractivity contribution in [1.29, 1.82) is 0 Å². The van der Waals surface area contributed by atoms with Gasteiger partial charge in [-0.3, -0.25) is 53.0 Å². The number of unbranched alkanes of at least 4 members (excludes halogenated alkanes) is 1. The van der Waals surface area contributed by atoms with E-state index in [0.29, 0.717) is 16.7 Å². The molecule has 0 bridgehead atoms. The Kier molecular flexibility index (Phi) is 16.9. The van der Waals surface area contributed by atoms with E-state index in [2.05, 4.69) is 38.1 Å². The summed E-state index contributed by atoms with van der Waals surface area (Å²) in [6.45, 7) is -0.165. The first kappa shape index (κ1) is 57.1. The van der Waals surface area contributed by atoms with E-state index in [1.165, 1.54) is 14.7 Å². The number of nitrogens with zero attached hydrogens (tertiary/aromatic N) is 3. The monoisotopic (exact) mass is 1130 g/mol. The standard InChI is InChI=1S/C57H58F2N9O12P/c58-57(59,81(78,79)80)37-19-21-41-36(29-37)30-43(61-41)52(73)63-44-32-66(49(71)18-9-3-4-11-33-16-10-17-39-40(33)31-67(55(39)76)45-24-26-48(70)64-53(45)74)28-27-38-20-23-46(68(38)56(44)77)54(75)62-42(22-25-47(60)69)51(72)65-50(34-12-5-1-6-13-34)35-14-7-2-8-15-35/h1-2,5-8,10,12-17,19,21,29-30,38,42,44-46,50,61H,3,9,18,20,22-28,31-32H2,(H2,60,69)(H,62,75)(H,63,73)(H,65,72)(H,64,70,74)(H2,78,79,80). The third kappa shape index (κ3) is 12.6. The fourth-order valence-electron chi connectivity index (χ4n) is 10.9. The lowest BCUT2D eigenvalue weighted by Crippen LogP contribution is -2.62. The Morgan fingerprint density at radius 1 is 0.852 bits per heavy atom. The zero-order valence-electron chi connectivity index (χ0n) is 43.6. The summed E-state index contributed by atoms with van der Waals surface area (Å²) in [7, 11) is -5.94. The average Bonchev–Trinajstić information content (AvgIpc) is 4.26. The molecule has 9 N–H and O–H groups in total. The van der Waals surface area contributed by atoms with Gasteiger partial charge in [0, 0.05) is 79.0 Å². The maximum absolute atomic E-state index is 15.0. The van der Waals surface area contributed by atoms with E-state index >= 15 is 4.79 Å². The lowest BCUT2D eigenvalue weighted by atomic mass is 9.98. The van der Waals surface area contributed by atoms with Crippen LogP contribution in [0.15, 0.2) is 103 Å². The molecule has 0 aliphatic carbocycles.